The van der Waals surface area contributed by atoms with Crippen molar-refractivity contribution in [2.75, 3.05) is 7.05 Å². The Morgan fingerprint density at radius 3 is 2.93 bits per heavy atom. The minimum absolute atomic E-state index is 0.194. The highest BCUT2D eigenvalue weighted by atomic mass is 35.5. The molecule has 1 aliphatic rings. The highest BCUT2D eigenvalue weighted by Crippen LogP contribution is 2.37. The van der Waals surface area contributed by atoms with E-state index in [2.05, 4.69) is 5.32 Å². The fourth-order valence-electron chi connectivity index (χ4n) is 2.43. The van der Waals surface area contributed by atoms with Crippen LogP contribution in [-0.2, 0) is 6.42 Å². The van der Waals surface area contributed by atoms with Crippen LogP contribution in [0.1, 0.15) is 35.6 Å². The van der Waals surface area contributed by atoms with Gasteiger partial charge in [0, 0.05) is 11.1 Å². The molecule has 1 nitrogen and oxygen atoms in total. The molecule has 1 atom stereocenters. The van der Waals surface area contributed by atoms with Gasteiger partial charge < -0.3 is 5.32 Å². The maximum Gasteiger partial charge on any atom is 0.127 e. The van der Waals surface area contributed by atoms with E-state index in [4.69, 9.17) is 11.6 Å². The first-order valence-corrected chi connectivity index (χ1v) is 5.67. The van der Waals surface area contributed by atoms with Crippen molar-refractivity contribution in [3.05, 3.63) is 33.6 Å². The van der Waals surface area contributed by atoms with Gasteiger partial charge in [0.1, 0.15) is 5.82 Å². The molecule has 0 spiro atoms. The highest BCUT2D eigenvalue weighted by molar-refractivity contribution is 6.31. The first kappa shape index (κ1) is 10.9. The molecule has 0 amide bonds. The molecule has 0 radical (unpaired) electrons. The summed E-state index contributed by atoms with van der Waals surface area (Å²) < 4.78 is 13.6. The lowest BCUT2D eigenvalue weighted by Gasteiger charge is -2.28. The number of hydrogen-bond acceptors (Lipinski definition) is 1. The molecule has 0 aromatic heterocycles. The monoisotopic (exact) mass is 227 g/mol. The van der Waals surface area contributed by atoms with Crippen molar-refractivity contribution in [3.63, 3.8) is 0 Å². The van der Waals surface area contributed by atoms with E-state index in [0.717, 1.165) is 36.0 Å². The maximum absolute atomic E-state index is 13.6. The lowest BCUT2D eigenvalue weighted by Crippen LogP contribution is -2.23. The van der Waals surface area contributed by atoms with Crippen LogP contribution in [0.5, 0.6) is 0 Å². The molecule has 0 fully saturated rings. The highest BCUT2D eigenvalue weighted by Gasteiger charge is 2.24. The standard InChI is InChI=1S/C12H15ClFN/c1-7-10(14)6-9(13)8-4-3-5-11(15-2)12(7)8/h6,11,15H,3-5H2,1-2H3. The predicted molar refractivity (Wildman–Crippen MR) is 60.9 cm³/mol. The third-order valence-corrected chi connectivity index (χ3v) is 3.58. The van der Waals surface area contributed by atoms with Gasteiger partial charge in [-0.05, 0) is 56.0 Å². The van der Waals surface area contributed by atoms with E-state index < -0.39 is 0 Å². The second-order valence-corrected chi connectivity index (χ2v) is 4.50. The van der Waals surface area contributed by atoms with Gasteiger partial charge in [-0.1, -0.05) is 11.6 Å². The fraction of sp³-hybridized carbons (Fsp3) is 0.500. The molecule has 1 unspecified atom stereocenters. The molecule has 1 aromatic carbocycles. The number of hydrogen-bond donors (Lipinski definition) is 1. The lowest BCUT2D eigenvalue weighted by atomic mass is 9.84. The topological polar surface area (TPSA) is 12.0 Å². The average molecular weight is 228 g/mol. The average Bonchev–Trinajstić information content (AvgIpc) is 2.25. The van der Waals surface area contributed by atoms with Gasteiger partial charge in [-0.25, -0.2) is 4.39 Å². The Morgan fingerprint density at radius 2 is 2.27 bits per heavy atom. The van der Waals surface area contributed by atoms with E-state index in [1.807, 2.05) is 14.0 Å². The Labute approximate surface area is 94.6 Å². The van der Waals surface area contributed by atoms with Crippen LogP contribution >= 0.6 is 11.6 Å². The molecule has 1 aliphatic carbocycles. The van der Waals surface area contributed by atoms with E-state index in [-0.39, 0.29) is 11.9 Å². The lowest BCUT2D eigenvalue weighted by molar-refractivity contribution is 0.487. The van der Waals surface area contributed by atoms with Gasteiger partial charge in [-0.3, -0.25) is 0 Å². The summed E-state index contributed by atoms with van der Waals surface area (Å²) in [5, 5.41) is 3.81. The van der Waals surface area contributed by atoms with Gasteiger partial charge in [0.25, 0.3) is 0 Å². The van der Waals surface area contributed by atoms with Gasteiger partial charge in [-0.15, -0.1) is 0 Å². The maximum atomic E-state index is 13.6. The van der Waals surface area contributed by atoms with Crippen LogP contribution in [0.4, 0.5) is 4.39 Å². The van der Waals surface area contributed by atoms with Crippen LogP contribution in [0.2, 0.25) is 5.02 Å². The van der Waals surface area contributed by atoms with Gasteiger partial charge in [0.2, 0.25) is 0 Å². The van der Waals surface area contributed by atoms with E-state index in [9.17, 15) is 4.39 Å². The summed E-state index contributed by atoms with van der Waals surface area (Å²) in [6.45, 7) is 1.83. The third-order valence-electron chi connectivity index (χ3n) is 3.25. The molecular formula is C12H15ClFN. The summed E-state index contributed by atoms with van der Waals surface area (Å²) >= 11 is 6.07. The second-order valence-electron chi connectivity index (χ2n) is 4.09. The molecule has 82 valence electrons. The Bertz CT molecular complexity index is 390. The summed E-state index contributed by atoms with van der Waals surface area (Å²) in [5.41, 5.74) is 2.95. The van der Waals surface area contributed by atoms with Crippen molar-refractivity contribution in [1.29, 1.82) is 0 Å². The summed E-state index contributed by atoms with van der Waals surface area (Å²) in [6, 6.07) is 1.69. The zero-order valence-corrected chi connectivity index (χ0v) is 9.79. The van der Waals surface area contributed by atoms with Crippen LogP contribution in [0.15, 0.2) is 6.07 Å². The minimum Gasteiger partial charge on any atom is -0.313 e. The molecule has 0 saturated heterocycles. The molecule has 0 heterocycles. The van der Waals surface area contributed by atoms with Gasteiger partial charge in [0.05, 0.1) is 0 Å². The Balaban J connectivity index is 2.62. The van der Waals surface area contributed by atoms with Crippen molar-refractivity contribution in [2.45, 2.75) is 32.2 Å². The summed E-state index contributed by atoms with van der Waals surface area (Å²) in [7, 11) is 1.91. The number of halogens is 2. The largest absolute Gasteiger partial charge is 0.313 e. The second kappa shape index (κ2) is 4.11. The van der Waals surface area contributed by atoms with Crippen molar-refractivity contribution < 1.29 is 4.39 Å². The Morgan fingerprint density at radius 1 is 1.53 bits per heavy atom. The Hall–Kier alpha value is -0.600. The fourth-order valence-corrected chi connectivity index (χ4v) is 2.72. The molecule has 0 bridgehead atoms. The first-order valence-electron chi connectivity index (χ1n) is 5.29. The van der Waals surface area contributed by atoms with Crippen LogP contribution < -0.4 is 5.32 Å². The zero-order valence-electron chi connectivity index (χ0n) is 9.03. The van der Waals surface area contributed by atoms with E-state index in [0.29, 0.717) is 5.02 Å². The number of benzene rings is 1. The van der Waals surface area contributed by atoms with Crippen LogP contribution in [-0.4, -0.2) is 7.05 Å². The van der Waals surface area contributed by atoms with Gasteiger partial charge >= 0.3 is 0 Å². The normalized spacial score (nSPS) is 20.1. The minimum atomic E-state index is -0.194. The van der Waals surface area contributed by atoms with E-state index in [1.165, 1.54) is 6.07 Å². The quantitative estimate of drug-likeness (QED) is 0.776. The molecule has 0 aliphatic heterocycles. The van der Waals surface area contributed by atoms with Crippen molar-refractivity contribution in [1.82, 2.24) is 5.32 Å². The third kappa shape index (κ3) is 1.77. The number of rotatable bonds is 1. The molecule has 2 rings (SSSR count). The van der Waals surface area contributed by atoms with Crippen LogP contribution in [0.25, 0.3) is 0 Å². The molecule has 0 saturated carbocycles. The van der Waals surface area contributed by atoms with Crippen molar-refractivity contribution in [2.24, 2.45) is 0 Å². The number of nitrogens with one attached hydrogen (secondary N) is 1. The van der Waals surface area contributed by atoms with Crippen molar-refractivity contribution in [3.8, 4) is 0 Å². The van der Waals surface area contributed by atoms with Crippen molar-refractivity contribution >= 4 is 11.6 Å². The van der Waals surface area contributed by atoms with Gasteiger partial charge in [0.15, 0.2) is 0 Å². The van der Waals surface area contributed by atoms with E-state index >= 15 is 0 Å². The summed E-state index contributed by atoms with van der Waals surface area (Å²) in [6.07, 6.45) is 3.14. The summed E-state index contributed by atoms with van der Waals surface area (Å²) in [5.74, 6) is -0.194. The summed E-state index contributed by atoms with van der Waals surface area (Å²) in [4.78, 5) is 0. The molecule has 1 N–H and O–H groups in total. The molecular weight excluding hydrogens is 213 g/mol. The zero-order chi connectivity index (χ0) is 11.0. The van der Waals surface area contributed by atoms with Crippen LogP contribution in [0.3, 0.4) is 0 Å². The number of fused-ring (bicyclic) bond motifs is 1. The molecule has 15 heavy (non-hydrogen) atoms. The molecule has 3 heteroatoms. The van der Waals surface area contributed by atoms with Gasteiger partial charge in [-0.2, -0.15) is 0 Å². The first-order chi connectivity index (χ1) is 7.15. The molecule has 1 aromatic rings. The van der Waals surface area contributed by atoms with E-state index in [1.54, 1.807) is 0 Å². The predicted octanol–water partition coefficient (Wildman–Crippen LogP) is 3.38. The van der Waals surface area contributed by atoms with Crippen LogP contribution in [0, 0.1) is 12.7 Å². The Kier molecular flexibility index (Phi) is 2.98. The SMILES string of the molecule is CNC1CCCc2c(Cl)cc(F)c(C)c21. The smallest absolute Gasteiger partial charge is 0.127 e.